The Kier molecular flexibility index (Phi) is 3.52. The van der Waals surface area contributed by atoms with Gasteiger partial charge in [0.05, 0.1) is 4.92 Å². The van der Waals surface area contributed by atoms with Gasteiger partial charge in [-0.3, -0.25) is 10.1 Å². The summed E-state index contributed by atoms with van der Waals surface area (Å²) in [5.74, 6) is 0. The first kappa shape index (κ1) is 13.2. The largest absolute Gasteiger partial charge is 0.349 e. The van der Waals surface area contributed by atoms with Gasteiger partial charge < -0.3 is 5.32 Å². The Morgan fingerprint density at radius 1 is 1.33 bits per heavy atom. The molecule has 0 aliphatic carbocycles. The normalized spacial score (nSPS) is 15.1. The van der Waals surface area contributed by atoms with Crippen LogP contribution in [-0.2, 0) is 0 Å². The third kappa shape index (κ3) is 2.19. The summed E-state index contributed by atoms with van der Waals surface area (Å²) in [6.07, 6.45) is 0. The van der Waals surface area contributed by atoms with E-state index in [0.29, 0.717) is 5.70 Å². The van der Waals surface area contributed by atoms with Crippen molar-refractivity contribution in [3.63, 3.8) is 0 Å². The summed E-state index contributed by atoms with van der Waals surface area (Å²) in [6.45, 7) is 1.90. The lowest BCUT2D eigenvalue weighted by molar-refractivity contribution is -0.418. The minimum absolute atomic E-state index is 0.280. The van der Waals surface area contributed by atoms with Crippen LogP contribution in [0.2, 0.25) is 0 Å². The van der Waals surface area contributed by atoms with E-state index in [-0.39, 0.29) is 15.2 Å². The lowest BCUT2D eigenvalue weighted by atomic mass is 9.98. The van der Waals surface area contributed by atoms with Gasteiger partial charge in [0.2, 0.25) is 0 Å². The molecule has 2 rings (SSSR count). The van der Waals surface area contributed by atoms with Crippen molar-refractivity contribution in [3.8, 4) is 0 Å². The molecule has 1 N–H and O–H groups in total. The highest BCUT2D eigenvalue weighted by atomic mass is 35.5. The number of nitro groups is 1. The molecule has 1 aromatic rings. The fraction of sp³-hybridized carbons (Fsp3) is 0.0909. The third-order valence-corrected chi connectivity index (χ3v) is 3.44. The van der Waals surface area contributed by atoms with Crippen molar-refractivity contribution in [2.24, 2.45) is 0 Å². The van der Waals surface area contributed by atoms with Gasteiger partial charge in [-0.25, -0.2) is 0 Å². The number of aryl methyl sites for hydroxylation is 1. The molecule has 0 unspecified atom stereocenters. The predicted octanol–water partition coefficient (Wildman–Crippen LogP) is 4.25. The number of fused-ring (bicyclic) bond motifs is 1. The lowest BCUT2D eigenvalue weighted by Crippen LogP contribution is -2.18. The minimum Gasteiger partial charge on any atom is -0.349 e. The smallest absolute Gasteiger partial charge is 0.314 e. The van der Waals surface area contributed by atoms with Gasteiger partial charge >= 0.3 is 5.70 Å². The maximum Gasteiger partial charge on any atom is 0.314 e. The first-order valence-corrected chi connectivity index (χ1v) is 6.03. The van der Waals surface area contributed by atoms with Gasteiger partial charge in [0.25, 0.3) is 0 Å². The molecule has 0 amide bonds. The van der Waals surface area contributed by atoms with Crippen molar-refractivity contribution in [3.05, 3.63) is 54.7 Å². The standard InChI is InChI=1S/C11H7Cl3N2O2/c1-5-2-3-7-6(4-5)9(15-7)10(16(17)18)8(12)11(13)14/h2-4,15H,1H3/b10-9-. The Hall–Kier alpha value is -1.23. The van der Waals surface area contributed by atoms with Crippen LogP contribution in [0.15, 0.2) is 33.4 Å². The first-order chi connectivity index (χ1) is 8.41. The second-order valence-electron chi connectivity index (χ2n) is 3.73. The Balaban J connectivity index is 2.61. The second kappa shape index (κ2) is 4.80. The molecule has 1 aromatic carbocycles. The van der Waals surface area contributed by atoms with Crippen molar-refractivity contribution >= 4 is 46.2 Å². The molecule has 1 aliphatic heterocycles. The number of hydrogen-bond acceptors (Lipinski definition) is 3. The van der Waals surface area contributed by atoms with Gasteiger partial charge in [-0.05, 0) is 19.1 Å². The van der Waals surface area contributed by atoms with Crippen molar-refractivity contribution < 1.29 is 4.92 Å². The van der Waals surface area contributed by atoms with Crippen LogP contribution < -0.4 is 5.32 Å². The van der Waals surface area contributed by atoms with Gasteiger partial charge in [-0.15, -0.1) is 0 Å². The molecule has 0 bridgehead atoms. The fourth-order valence-corrected chi connectivity index (χ4v) is 2.01. The molecular weight excluding hydrogens is 298 g/mol. The topological polar surface area (TPSA) is 55.2 Å². The number of anilines is 1. The van der Waals surface area contributed by atoms with E-state index in [1.165, 1.54) is 0 Å². The van der Waals surface area contributed by atoms with Crippen LogP contribution in [0.4, 0.5) is 5.69 Å². The molecule has 1 heterocycles. The lowest BCUT2D eigenvalue weighted by Gasteiger charge is -2.25. The van der Waals surface area contributed by atoms with Crippen molar-refractivity contribution in [2.75, 3.05) is 5.32 Å². The van der Waals surface area contributed by atoms with Crippen molar-refractivity contribution in [1.29, 1.82) is 0 Å². The number of nitrogens with one attached hydrogen (secondary N) is 1. The van der Waals surface area contributed by atoms with E-state index >= 15 is 0 Å². The first-order valence-electron chi connectivity index (χ1n) is 4.89. The van der Waals surface area contributed by atoms with E-state index in [2.05, 4.69) is 5.32 Å². The number of nitrogens with zero attached hydrogens (tertiary/aromatic N) is 1. The van der Waals surface area contributed by atoms with Crippen LogP contribution in [0.1, 0.15) is 11.1 Å². The van der Waals surface area contributed by atoms with E-state index in [4.69, 9.17) is 34.8 Å². The maximum absolute atomic E-state index is 11.0. The SMILES string of the molecule is Cc1ccc2c(c1)/C(=C(\C(Cl)=C(Cl)Cl)[N+](=O)[O-])N2. The van der Waals surface area contributed by atoms with E-state index in [9.17, 15) is 10.1 Å². The van der Waals surface area contributed by atoms with Crippen LogP contribution in [0.5, 0.6) is 0 Å². The molecule has 0 fully saturated rings. The number of rotatable bonds is 2. The molecule has 7 heteroatoms. The second-order valence-corrected chi connectivity index (χ2v) is 5.06. The van der Waals surface area contributed by atoms with Crippen LogP contribution >= 0.6 is 34.8 Å². The minimum atomic E-state index is -0.610. The molecular formula is C11H7Cl3N2O2. The number of halogens is 3. The Morgan fingerprint density at radius 3 is 2.56 bits per heavy atom. The monoisotopic (exact) mass is 304 g/mol. The molecule has 18 heavy (non-hydrogen) atoms. The molecule has 0 aromatic heterocycles. The summed E-state index contributed by atoms with van der Waals surface area (Å²) < 4.78 is -0.334. The molecule has 0 spiro atoms. The Bertz CT molecular complexity index is 604. The molecule has 0 radical (unpaired) electrons. The quantitative estimate of drug-likeness (QED) is 0.656. The highest BCUT2D eigenvalue weighted by Crippen LogP contribution is 2.41. The van der Waals surface area contributed by atoms with Gasteiger partial charge in [0, 0.05) is 11.3 Å². The van der Waals surface area contributed by atoms with Gasteiger partial charge in [0.15, 0.2) is 5.03 Å². The third-order valence-electron chi connectivity index (χ3n) is 2.50. The van der Waals surface area contributed by atoms with Crippen LogP contribution in [0.25, 0.3) is 5.70 Å². The van der Waals surface area contributed by atoms with E-state index < -0.39 is 4.92 Å². The van der Waals surface area contributed by atoms with Gasteiger partial charge in [-0.2, -0.15) is 0 Å². The summed E-state index contributed by atoms with van der Waals surface area (Å²) in [7, 11) is 0. The molecule has 94 valence electrons. The summed E-state index contributed by atoms with van der Waals surface area (Å²) in [4.78, 5) is 10.4. The van der Waals surface area contributed by atoms with Crippen molar-refractivity contribution in [2.45, 2.75) is 6.92 Å². The average Bonchev–Trinajstić information content (AvgIpc) is 2.27. The summed E-state index contributed by atoms with van der Waals surface area (Å²) in [6, 6.07) is 5.57. The average molecular weight is 306 g/mol. The van der Waals surface area contributed by atoms with E-state index in [0.717, 1.165) is 16.8 Å². The van der Waals surface area contributed by atoms with Crippen LogP contribution in [-0.4, -0.2) is 4.92 Å². The summed E-state index contributed by atoms with van der Waals surface area (Å²) in [5.41, 5.74) is 2.53. The zero-order valence-electron chi connectivity index (χ0n) is 9.13. The fourth-order valence-electron chi connectivity index (χ4n) is 1.67. The van der Waals surface area contributed by atoms with Crippen molar-refractivity contribution in [1.82, 2.24) is 0 Å². The Morgan fingerprint density at radius 2 is 2.00 bits per heavy atom. The van der Waals surface area contributed by atoms with Gasteiger partial charge in [-0.1, -0.05) is 46.4 Å². The summed E-state index contributed by atoms with van der Waals surface area (Å²) in [5, 5.41) is 13.6. The van der Waals surface area contributed by atoms with E-state index in [1.54, 1.807) is 0 Å². The predicted molar refractivity (Wildman–Crippen MR) is 73.3 cm³/mol. The number of allylic oxidation sites excluding steroid dienone is 1. The molecule has 1 aliphatic rings. The summed E-state index contributed by atoms with van der Waals surface area (Å²) >= 11 is 16.8. The zero-order valence-corrected chi connectivity index (χ0v) is 11.4. The number of benzene rings is 1. The molecule has 0 atom stereocenters. The van der Waals surface area contributed by atoms with Gasteiger partial charge in [0.1, 0.15) is 10.2 Å². The van der Waals surface area contributed by atoms with Crippen LogP contribution in [0.3, 0.4) is 0 Å². The van der Waals surface area contributed by atoms with E-state index in [1.807, 2.05) is 25.1 Å². The number of hydrogen-bond donors (Lipinski definition) is 1. The maximum atomic E-state index is 11.0. The Labute approximate surface area is 118 Å². The van der Waals surface area contributed by atoms with Crippen LogP contribution in [0, 0.1) is 17.0 Å². The highest BCUT2D eigenvalue weighted by molar-refractivity contribution is 6.60. The zero-order chi connectivity index (χ0) is 13.4. The molecule has 0 saturated carbocycles. The molecule has 4 nitrogen and oxygen atoms in total. The molecule has 0 saturated heterocycles. The highest BCUT2D eigenvalue weighted by Gasteiger charge is 2.32.